The quantitative estimate of drug-likeness (QED) is 0.430. The number of rotatable bonds is 7. The summed E-state index contributed by atoms with van der Waals surface area (Å²) in [6, 6.07) is 4.18. The van der Waals surface area contributed by atoms with Crippen LogP contribution in [0.2, 0.25) is 0 Å². The van der Waals surface area contributed by atoms with E-state index in [1.165, 1.54) is 6.20 Å². The topological polar surface area (TPSA) is 157 Å². The molecule has 1 aliphatic heterocycles. The summed E-state index contributed by atoms with van der Waals surface area (Å²) in [6.45, 7) is 1.70. The van der Waals surface area contributed by atoms with Crippen LogP contribution in [0.25, 0.3) is 0 Å². The minimum atomic E-state index is -5.47. The van der Waals surface area contributed by atoms with E-state index in [0.29, 0.717) is 25.7 Å². The van der Waals surface area contributed by atoms with Gasteiger partial charge in [-0.05, 0) is 56.0 Å². The highest BCUT2D eigenvalue weighted by atomic mass is 32.2. The predicted molar refractivity (Wildman–Crippen MR) is 121 cm³/mol. The van der Waals surface area contributed by atoms with Crippen molar-refractivity contribution in [1.82, 2.24) is 14.7 Å². The van der Waals surface area contributed by atoms with E-state index < -0.39 is 26.1 Å². The summed E-state index contributed by atoms with van der Waals surface area (Å²) in [6.07, 6.45) is 3.68. The van der Waals surface area contributed by atoms with Crippen LogP contribution in [0.3, 0.4) is 0 Å². The molecule has 0 unspecified atom stereocenters. The fourth-order valence-corrected chi connectivity index (χ4v) is 5.53. The average molecular weight is 517 g/mol. The fraction of sp³-hybridized carbons (Fsp3) is 0.524. The molecule has 2 fully saturated rings. The van der Waals surface area contributed by atoms with Crippen molar-refractivity contribution >= 4 is 27.2 Å². The van der Waals surface area contributed by atoms with E-state index >= 15 is 0 Å². The van der Waals surface area contributed by atoms with Crippen molar-refractivity contribution in [3.05, 3.63) is 36.0 Å². The average Bonchev–Trinajstić information content (AvgIpc) is 3.20. The number of aliphatic hydroxyl groups excluding tert-OH is 1. The highest BCUT2D eigenvalue weighted by Crippen LogP contribution is 2.38. The van der Waals surface area contributed by atoms with E-state index in [0.717, 1.165) is 43.5 Å². The third-order valence-electron chi connectivity index (χ3n) is 6.69. The summed E-state index contributed by atoms with van der Waals surface area (Å²) in [5.74, 6) is -0.568. The number of anilines is 2. The van der Waals surface area contributed by atoms with E-state index in [-0.39, 0.29) is 35.1 Å². The molecule has 4 rings (SSSR count). The molecule has 3 atom stereocenters. The van der Waals surface area contributed by atoms with Crippen molar-refractivity contribution in [2.45, 2.75) is 47.9 Å². The number of aromatic nitrogens is 2. The molecule has 1 aliphatic carbocycles. The zero-order valence-corrected chi connectivity index (χ0v) is 19.5. The van der Waals surface area contributed by atoms with Gasteiger partial charge >= 0.3 is 5.51 Å². The van der Waals surface area contributed by atoms with Gasteiger partial charge in [-0.2, -0.15) is 18.3 Å². The lowest BCUT2D eigenvalue weighted by molar-refractivity contribution is -0.0437. The molecule has 2 aromatic rings. The van der Waals surface area contributed by atoms with Gasteiger partial charge in [0.05, 0.1) is 17.0 Å². The molecule has 35 heavy (non-hydrogen) atoms. The van der Waals surface area contributed by atoms with Gasteiger partial charge in [0.1, 0.15) is 5.56 Å². The van der Waals surface area contributed by atoms with E-state index in [1.807, 2.05) is 0 Å². The third-order valence-corrected chi connectivity index (χ3v) is 8.20. The number of likely N-dealkylation sites (tertiary alicyclic amines) is 1. The van der Waals surface area contributed by atoms with E-state index in [9.17, 15) is 31.5 Å². The zero-order valence-electron chi connectivity index (χ0n) is 18.6. The second-order valence-electron chi connectivity index (χ2n) is 8.97. The van der Waals surface area contributed by atoms with Crippen LogP contribution in [0.15, 0.2) is 35.4 Å². The zero-order chi connectivity index (χ0) is 25.5. The molecule has 10 nitrogen and oxygen atoms in total. The van der Waals surface area contributed by atoms with Crippen LogP contribution in [0, 0.1) is 5.92 Å². The Labute approximate surface area is 200 Å². The van der Waals surface area contributed by atoms with Crippen molar-refractivity contribution in [2.75, 3.05) is 25.0 Å². The number of nitrogens with zero attached hydrogens (tertiary/aromatic N) is 3. The van der Waals surface area contributed by atoms with Crippen LogP contribution < -0.4 is 16.8 Å². The fourth-order valence-electron chi connectivity index (χ4n) is 4.76. The van der Waals surface area contributed by atoms with E-state index in [1.54, 1.807) is 4.68 Å². The molecule has 6 N–H and O–H groups in total. The molecule has 0 radical (unpaired) electrons. The van der Waals surface area contributed by atoms with Gasteiger partial charge in [-0.15, -0.1) is 0 Å². The van der Waals surface area contributed by atoms with Gasteiger partial charge in [0.2, 0.25) is 0 Å². The van der Waals surface area contributed by atoms with Crippen LogP contribution in [-0.4, -0.2) is 71.4 Å². The number of benzene rings is 1. The minimum Gasteiger partial charge on any atom is -0.390 e. The first-order chi connectivity index (χ1) is 16.4. The lowest BCUT2D eigenvalue weighted by Gasteiger charge is -2.46. The number of carbonyl (C=O) groups is 1. The van der Waals surface area contributed by atoms with Crippen LogP contribution in [0.4, 0.5) is 24.7 Å². The Kier molecular flexibility index (Phi) is 6.83. The summed E-state index contributed by atoms with van der Waals surface area (Å²) in [5, 5.41) is 16.9. The number of halogens is 3. The molecule has 2 heterocycles. The standard InChI is InChI=1S/C21H27F3N6O4S/c22-21(23,24)35(33,34)16-4-1-13(2-5-16)27-20-17(19(26)32)11-30(28-20)18-6-3-14(7-12(18)8-25)29-9-15(31)10-29/h1-2,4-5,11-12,14-15,18,31H,3,6-10,25H2,(H2,26,32)(H,27,28)/t12-,14+,18+/m1/s1. The molecule has 14 heteroatoms. The molecule has 0 spiro atoms. The van der Waals surface area contributed by atoms with Gasteiger partial charge in [-0.3, -0.25) is 14.4 Å². The van der Waals surface area contributed by atoms with Gasteiger partial charge in [-0.25, -0.2) is 8.42 Å². The van der Waals surface area contributed by atoms with Gasteiger partial charge in [0, 0.05) is 31.0 Å². The predicted octanol–water partition coefficient (Wildman–Crippen LogP) is 1.36. The first kappa shape index (κ1) is 25.4. The lowest BCUT2D eigenvalue weighted by Crippen LogP contribution is -2.57. The minimum absolute atomic E-state index is 0.0758. The van der Waals surface area contributed by atoms with E-state index in [2.05, 4.69) is 15.3 Å². The summed E-state index contributed by atoms with van der Waals surface area (Å²) in [5.41, 5.74) is 6.46. The normalized spacial score (nSPS) is 24.2. The maximum Gasteiger partial charge on any atom is 0.501 e. The summed E-state index contributed by atoms with van der Waals surface area (Å²) in [7, 11) is -5.47. The monoisotopic (exact) mass is 516 g/mol. The third kappa shape index (κ3) is 5.01. The molecular weight excluding hydrogens is 489 g/mol. The smallest absolute Gasteiger partial charge is 0.390 e. The van der Waals surface area contributed by atoms with Crippen LogP contribution in [0.5, 0.6) is 0 Å². The number of primary amides is 1. The van der Waals surface area contributed by atoms with Gasteiger partial charge < -0.3 is 21.9 Å². The number of amides is 1. The Morgan fingerprint density at radius 3 is 2.40 bits per heavy atom. The lowest BCUT2D eigenvalue weighted by atomic mass is 9.80. The van der Waals surface area contributed by atoms with Gasteiger partial charge in [-0.1, -0.05) is 0 Å². The second kappa shape index (κ2) is 9.41. The first-order valence-electron chi connectivity index (χ1n) is 11.1. The van der Waals surface area contributed by atoms with Crippen LogP contribution in [0.1, 0.15) is 35.7 Å². The van der Waals surface area contributed by atoms with E-state index in [4.69, 9.17) is 11.5 Å². The van der Waals surface area contributed by atoms with Crippen molar-refractivity contribution in [3.8, 4) is 0 Å². The highest BCUT2D eigenvalue weighted by molar-refractivity contribution is 7.92. The van der Waals surface area contributed by atoms with Crippen LogP contribution in [-0.2, 0) is 9.84 Å². The Balaban J connectivity index is 1.53. The first-order valence-corrected chi connectivity index (χ1v) is 12.6. The number of nitrogens with two attached hydrogens (primary N) is 2. The maximum absolute atomic E-state index is 12.8. The summed E-state index contributed by atoms with van der Waals surface area (Å²) < 4.78 is 63.1. The number of hydrogen-bond donors (Lipinski definition) is 4. The molecule has 2 aliphatic rings. The SMILES string of the molecule is NC[C@H]1C[C@@H](N2CC(O)C2)CC[C@@H]1n1cc(C(N)=O)c(Nc2ccc(S(=O)(=O)C(F)(F)F)cc2)n1. The Hall–Kier alpha value is -2.68. The highest BCUT2D eigenvalue weighted by Gasteiger charge is 2.46. The molecule has 0 bridgehead atoms. The summed E-state index contributed by atoms with van der Waals surface area (Å²) in [4.78, 5) is 13.4. The number of aliphatic hydroxyl groups is 1. The van der Waals surface area contributed by atoms with Gasteiger partial charge in [0.15, 0.2) is 5.82 Å². The Morgan fingerprint density at radius 1 is 1.20 bits per heavy atom. The number of nitrogens with one attached hydrogen (secondary N) is 1. The van der Waals surface area contributed by atoms with Crippen molar-refractivity contribution in [1.29, 1.82) is 0 Å². The Morgan fingerprint density at radius 2 is 1.86 bits per heavy atom. The molecule has 1 saturated carbocycles. The molecule has 1 aromatic heterocycles. The van der Waals surface area contributed by atoms with Gasteiger partial charge in [0.25, 0.3) is 15.7 Å². The molecule has 192 valence electrons. The molecular formula is C21H27F3N6O4S. The number of hydrogen-bond acceptors (Lipinski definition) is 8. The van der Waals surface area contributed by atoms with Crippen molar-refractivity contribution in [3.63, 3.8) is 0 Å². The number of β-amino-alcohol motifs (C(OH)–C–C–N with tert-alkyl or cyclic N) is 1. The molecule has 1 saturated heterocycles. The van der Waals surface area contributed by atoms with Crippen LogP contribution >= 0.6 is 0 Å². The second-order valence-corrected chi connectivity index (χ2v) is 10.9. The largest absolute Gasteiger partial charge is 0.501 e. The van der Waals surface area contributed by atoms with Crippen molar-refractivity contribution in [2.24, 2.45) is 17.4 Å². The number of carbonyl (C=O) groups excluding carboxylic acids is 1. The van der Waals surface area contributed by atoms with Crippen molar-refractivity contribution < 1.29 is 31.5 Å². The Bertz CT molecular complexity index is 1180. The molecule has 1 amide bonds. The number of sulfone groups is 1. The maximum atomic E-state index is 12.8. The number of alkyl halides is 3. The molecule has 1 aromatic carbocycles. The summed E-state index contributed by atoms with van der Waals surface area (Å²) >= 11 is 0.